The van der Waals surface area contributed by atoms with Crippen molar-refractivity contribution in [2.45, 2.75) is 18.8 Å². The lowest BCUT2D eigenvalue weighted by molar-refractivity contribution is 0.550. The summed E-state index contributed by atoms with van der Waals surface area (Å²) in [6.45, 7) is 2.12. The second-order valence-electron chi connectivity index (χ2n) is 5.06. The molecule has 106 valence electrons. The van der Waals surface area contributed by atoms with E-state index >= 15 is 0 Å². The summed E-state index contributed by atoms with van der Waals surface area (Å²) in [5.74, 6) is 0. The van der Waals surface area contributed by atoms with E-state index in [-0.39, 0.29) is 5.41 Å². The van der Waals surface area contributed by atoms with Gasteiger partial charge in [-0.2, -0.15) is 0 Å². The van der Waals surface area contributed by atoms with Gasteiger partial charge in [-0.3, -0.25) is 4.98 Å². The summed E-state index contributed by atoms with van der Waals surface area (Å²) in [4.78, 5) is 4.06. The Kier molecular flexibility index (Phi) is 5.65. The average Bonchev–Trinajstić information content (AvgIpc) is 2.47. The molecule has 0 amide bonds. The first-order chi connectivity index (χ1) is 9.61. The molecule has 0 spiro atoms. The summed E-state index contributed by atoms with van der Waals surface area (Å²) in [6, 6.07) is 10.7. The molecule has 0 saturated carbocycles. The first-order valence-electron chi connectivity index (χ1n) is 6.39. The molecule has 4 heteroatoms. The molecule has 0 atom stereocenters. The zero-order chi connectivity index (χ0) is 14.6. The van der Waals surface area contributed by atoms with Gasteiger partial charge in [0.1, 0.15) is 0 Å². The van der Waals surface area contributed by atoms with Crippen LogP contribution >= 0.6 is 43.5 Å². The van der Waals surface area contributed by atoms with Crippen LogP contribution in [0.2, 0.25) is 5.02 Å². The van der Waals surface area contributed by atoms with Crippen molar-refractivity contribution in [3.05, 3.63) is 64.4 Å². The maximum atomic E-state index is 6.27. The van der Waals surface area contributed by atoms with Crippen molar-refractivity contribution in [2.24, 2.45) is 0 Å². The van der Waals surface area contributed by atoms with Gasteiger partial charge < -0.3 is 0 Å². The quantitative estimate of drug-likeness (QED) is 0.601. The fourth-order valence-electron chi connectivity index (χ4n) is 2.27. The molecule has 1 aromatic carbocycles. The molecule has 0 fully saturated rings. The predicted molar refractivity (Wildman–Crippen MR) is 93.4 cm³/mol. The molecule has 0 radical (unpaired) electrons. The Morgan fingerprint density at radius 3 is 2.55 bits per heavy atom. The van der Waals surface area contributed by atoms with E-state index < -0.39 is 0 Å². The minimum absolute atomic E-state index is 0.0169. The van der Waals surface area contributed by atoms with Crippen molar-refractivity contribution in [3.63, 3.8) is 0 Å². The van der Waals surface area contributed by atoms with Gasteiger partial charge in [0.2, 0.25) is 0 Å². The number of aryl methyl sites for hydroxylation is 1. The minimum Gasteiger partial charge on any atom is -0.263 e. The molecule has 0 bridgehead atoms. The Morgan fingerprint density at radius 1 is 1.20 bits per heavy atom. The zero-order valence-electron chi connectivity index (χ0n) is 11.2. The SMILES string of the molecule is Cc1cccc(C(CBr)(CBr)Cc2ccncc2Cl)c1. The fraction of sp³-hybridized carbons (Fsp3) is 0.312. The Hall–Kier alpha value is -0.380. The van der Waals surface area contributed by atoms with Gasteiger partial charge in [0.05, 0.1) is 5.02 Å². The highest BCUT2D eigenvalue weighted by atomic mass is 79.9. The van der Waals surface area contributed by atoms with Gasteiger partial charge >= 0.3 is 0 Å². The molecule has 0 N–H and O–H groups in total. The van der Waals surface area contributed by atoms with Crippen molar-refractivity contribution < 1.29 is 0 Å². The maximum Gasteiger partial charge on any atom is 0.0621 e. The number of alkyl halides is 2. The Morgan fingerprint density at radius 2 is 1.95 bits per heavy atom. The van der Waals surface area contributed by atoms with Gasteiger partial charge in [0.15, 0.2) is 0 Å². The molecule has 1 aromatic heterocycles. The van der Waals surface area contributed by atoms with Crippen LogP contribution in [0.25, 0.3) is 0 Å². The van der Waals surface area contributed by atoms with E-state index in [2.05, 4.69) is 68.0 Å². The van der Waals surface area contributed by atoms with Crippen LogP contribution in [0, 0.1) is 6.92 Å². The van der Waals surface area contributed by atoms with Gasteiger partial charge in [-0.05, 0) is 30.5 Å². The van der Waals surface area contributed by atoms with Gasteiger partial charge in [0, 0.05) is 28.5 Å². The molecular weight excluding hydrogens is 401 g/mol. The molecule has 20 heavy (non-hydrogen) atoms. The topological polar surface area (TPSA) is 12.9 Å². The number of hydrogen-bond acceptors (Lipinski definition) is 1. The second-order valence-corrected chi connectivity index (χ2v) is 6.59. The van der Waals surface area contributed by atoms with Crippen LogP contribution in [0.1, 0.15) is 16.7 Å². The average molecular weight is 418 g/mol. The highest BCUT2D eigenvalue weighted by molar-refractivity contribution is 9.09. The van der Waals surface area contributed by atoms with Crippen LogP contribution in [0.5, 0.6) is 0 Å². The maximum absolute atomic E-state index is 6.27. The third kappa shape index (κ3) is 3.44. The van der Waals surface area contributed by atoms with Crippen LogP contribution in [-0.2, 0) is 11.8 Å². The number of pyridine rings is 1. The van der Waals surface area contributed by atoms with E-state index in [1.807, 2.05) is 6.07 Å². The molecule has 1 heterocycles. The van der Waals surface area contributed by atoms with E-state index in [9.17, 15) is 0 Å². The number of benzene rings is 1. The van der Waals surface area contributed by atoms with Crippen LogP contribution in [0.4, 0.5) is 0 Å². The molecular formula is C16H16Br2ClN. The summed E-state index contributed by atoms with van der Waals surface area (Å²) >= 11 is 13.6. The van der Waals surface area contributed by atoms with E-state index in [0.29, 0.717) is 0 Å². The second kappa shape index (κ2) is 7.06. The minimum atomic E-state index is -0.0169. The van der Waals surface area contributed by atoms with Gasteiger partial charge in [-0.1, -0.05) is 73.3 Å². The molecule has 0 unspecified atom stereocenters. The largest absolute Gasteiger partial charge is 0.263 e. The number of nitrogens with zero attached hydrogens (tertiary/aromatic N) is 1. The van der Waals surface area contributed by atoms with Crippen molar-refractivity contribution >= 4 is 43.5 Å². The Bertz CT molecular complexity index is 582. The van der Waals surface area contributed by atoms with Crippen LogP contribution in [0.15, 0.2) is 42.7 Å². The molecule has 0 aliphatic heterocycles. The smallest absolute Gasteiger partial charge is 0.0621 e. The van der Waals surface area contributed by atoms with Gasteiger partial charge in [-0.25, -0.2) is 0 Å². The Labute approximate surface area is 142 Å². The first kappa shape index (κ1) is 16.0. The summed E-state index contributed by atoms with van der Waals surface area (Å²) in [5, 5.41) is 2.46. The summed E-state index contributed by atoms with van der Waals surface area (Å²) in [6.07, 6.45) is 4.37. The molecule has 0 aliphatic rings. The monoisotopic (exact) mass is 415 g/mol. The van der Waals surface area contributed by atoms with Crippen molar-refractivity contribution in [1.82, 2.24) is 4.98 Å². The number of halogens is 3. The van der Waals surface area contributed by atoms with Gasteiger partial charge in [0.25, 0.3) is 0 Å². The van der Waals surface area contributed by atoms with Gasteiger partial charge in [-0.15, -0.1) is 0 Å². The lowest BCUT2D eigenvalue weighted by atomic mass is 9.79. The third-order valence-electron chi connectivity index (χ3n) is 3.53. The van der Waals surface area contributed by atoms with Crippen molar-refractivity contribution in [3.8, 4) is 0 Å². The number of aromatic nitrogens is 1. The Balaban J connectivity index is 2.42. The fourth-order valence-corrected chi connectivity index (χ4v) is 4.43. The zero-order valence-corrected chi connectivity index (χ0v) is 15.2. The van der Waals surface area contributed by atoms with Crippen molar-refractivity contribution in [2.75, 3.05) is 10.7 Å². The lowest BCUT2D eigenvalue weighted by Crippen LogP contribution is -2.33. The summed E-state index contributed by atoms with van der Waals surface area (Å²) < 4.78 is 0. The van der Waals surface area contributed by atoms with Crippen LogP contribution in [-0.4, -0.2) is 15.6 Å². The van der Waals surface area contributed by atoms with E-state index in [4.69, 9.17) is 11.6 Å². The normalized spacial score (nSPS) is 11.6. The summed E-state index contributed by atoms with van der Waals surface area (Å²) in [7, 11) is 0. The van der Waals surface area contributed by atoms with Crippen molar-refractivity contribution in [1.29, 1.82) is 0 Å². The molecule has 2 rings (SSSR count). The number of hydrogen-bond donors (Lipinski definition) is 0. The number of rotatable bonds is 5. The van der Waals surface area contributed by atoms with E-state index in [1.54, 1.807) is 12.4 Å². The third-order valence-corrected chi connectivity index (χ3v) is 6.01. The van der Waals surface area contributed by atoms with E-state index in [0.717, 1.165) is 27.7 Å². The molecule has 2 aromatic rings. The molecule has 0 aliphatic carbocycles. The van der Waals surface area contributed by atoms with E-state index in [1.165, 1.54) is 11.1 Å². The standard InChI is InChI=1S/C16H16Br2ClN/c1-12-3-2-4-14(7-12)16(10-17,11-18)8-13-5-6-20-9-15(13)19/h2-7,9H,8,10-11H2,1H3. The summed E-state index contributed by atoms with van der Waals surface area (Å²) in [5.41, 5.74) is 3.70. The highest BCUT2D eigenvalue weighted by Gasteiger charge is 2.31. The highest BCUT2D eigenvalue weighted by Crippen LogP contribution is 2.34. The lowest BCUT2D eigenvalue weighted by Gasteiger charge is -2.31. The molecule has 0 saturated heterocycles. The van der Waals surface area contributed by atoms with Crippen LogP contribution < -0.4 is 0 Å². The van der Waals surface area contributed by atoms with Crippen LogP contribution in [0.3, 0.4) is 0 Å². The molecule has 1 nitrogen and oxygen atoms in total. The first-order valence-corrected chi connectivity index (χ1v) is 9.01. The predicted octanol–water partition coefficient (Wildman–Crippen LogP) is 5.31.